The van der Waals surface area contributed by atoms with E-state index < -0.39 is 0 Å². The highest BCUT2D eigenvalue weighted by atomic mass is 19.1. The molecule has 0 amide bonds. The third-order valence-electron chi connectivity index (χ3n) is 5.36. The molecule has 1 N–H and O–H groups in total. The average Bonchev–Trinajstić information content (AvgIpc) is 2.82. The molecule has 7 heteroatoms. The Morgan fingerprint density at radius 2 is 1.61 bits per heavy atom. The van der Waals surface area contributed by atoms with Gasteiger partial charge in [0, 0.05) is 12.7 Å². The summed E-state index contributed by atoms with van der Waals surface area (Å²) in [4.78, 5) is 9.47. The van der Waals surface area contributed by atoms with Gasteiger partial charge in [-0.25, -0.2) is 18.8 Å². The second kappa shape index (κ2) is 8.17. The number of nitriles is 1. The van der Waals surface area contributed by atoms with Crippen molar-refractivity contribution in [3.63, 3.8) is 0 Å². The van der Waals surface area contributed by atoms with Crippen LogP contribution in [0, 0.1) is 23.0 Å². The number of hydrogen-bond donors (Lipinski definition) is 1. The van der Waals surface area contributed by atoms with Gasteiger partial charge in [0.2, 0.25) is 0 Å². The standard InChI is InChI=1S/C26H17F2N5/c1-33-25-11-2-16(15-29)12-23(25)32-24-13-21(30-19-7-3-17(27)4-8-19)22(14-26(24)33)31-20-9-5-18(28)6-10-20/h2-14,30H,1H3. The maximum atomic E-state index is 13.4. The molecule has 33 heavy (non-hydrogen) atoms. The highest BCUT2D eigenvalue weighted by Gasteiger charge is 2.14. The summed E-state index contributed by atoms with van der Waals surface area (Å²) in [6, 6.07) is 23.2. The van der Waals surface area contributed by atoms with Crippen molar-refractivity contribution in [2.45, 2.75) is 0 Å². The zero-order valence-electron chi connectivity index (χ0n) is 17.6. The number of fused-ring (bicyclic) bond motifs is 2. The molecule has 1 aliphatic carbocycles. The molecule has 0 fully saturated rings. The van der Waals surface area contributed by atoms with E-state index in [4.69, 9.17) is 9.98 Å². The molecule has 160 valence electrons. The molecule has 3 aromatic rings. The summed E-state index contributed by atoms with van der Waals surface area (Å²) in [5, 5.41) is 13.1. The fourth-order valence-electron chi connectivity index (χ4n) is 3.69. The first-order valence-electron chi connectivity index (χ1n) is 10.2. The molecule has 0 bridgehead atoms. The van der Waals surface area contributed by atoms with Gasteiger partial charge in [0.05, 0.1) is 50.8 Å². The number of nitrogens with zero attached hydrogens (tertiary/aromatic N) is 4. The van der Waals surface area contributed by atoms with Crippen LogP contribution in [0.4, 0.5) is 25.8 Å². The number of hydrogen-bond acceptors (Lipinski definition) is 4. The second-order valence-corrected chi connectivity index (χ2v) is 7.56. The summed E-state index contributed by atoms with van der Waals surface area (Å²) < 4.78 is 28.7. The molecular weight excluding hydrogens is 420 g/mol. The molecular formula is C26H17F2N5. The van der Waals surface area contributed by atoms with Gasteiger partial charge in [-0.1, -0.05) is 0 Å². The van der Waals surface area contributed by atoms with Gasteiger partial charge >= 0.3 is 0 Å². The van der Waals surface area contributed by atoms with Crippen molar-refractivity contribution in [2.24, 2.45) is 12.0 Å². The molecule has 0 saturated heterocycles. The van der Waals surface area contributed by atoms with Crippen molar-refractivity contribution >= 4 is 28.1 Å². The van der Waals surface area contributed by atoms with Crippen molar-refractivity contribution in [3.8, 4) is 17.5 Å². The zero-order valence-corrected chi connectivity index (χ0v) is 17.6. The Morgan fingerprint density at radius 1 is 0.909 bits per heavy atom. The normalized spacial score (nSPS) is 11.6. The van der Waals surface area contributed by atoms with Crippen molar-refractivity contribution in [2.75, 3.05) is 5.32 Å². The van der Waals surface area contributed by atoms with Crippen LogP contribution in [0.1, 0.15) is 5.56 Å². The van der Waals surface area contributed by atoms with Crippen LogP contribution >= 0.6 is 0 Å². The maximum Gasteiger partial charge on any atom is 0.123 e. The molecule has 0 aromatic heterocycles. The lowest BCUT2D eigenvalue weighted by Gasteiger charge is -2.17. The molecule has 5 rings (SSSR count). The van der Waals surface area contributed by atoms with Crippen LogP contribution in [0.25, 0.3) is 22.4 Å². The fraction of sp³-hybridized carbons (Fsp3) is 0.0385. The van der Waals surface area contributed by atoms with Crippen LogP contribution in [0.3, 0.4) is 0 Å². The van der Waals surface area contributed by atoms with Crippen LogP contribution in [0.5, 0.6) is 0 Å². The summed E-state index contributed by atoms with van der Waals surface area (Å²) >= 11 is 0. The Bertz CT molecular complexity index is 1560. The summed E-state index contributed by atoms with van der Waals surface area (Å²) in [6.07, 6.45) is 0. The molecule has 0 unspecified atom stereocenters. The topological polar surface area (TPSA) is 66.0 Å². The van der Waals surface area contributed by atoms with Gasteiger partial charge in [0.25, 0.3) is 0 Å². The van der Waals surface area contributed by atoms with Crippen molar-refractivity contribution in [3.05, 3.63) is 101 Å². The Balaban J connectivity index is 1.76. The van der Waals surface area contributed by atoms with Crippen LogP contribution in [0.15, 0.2) is 83.9 Å². The molecule has 1 aliphatic heterocycles. The first-order valence-corrected chi connectivity index (χ1v) is 10.2. The third-order valence-corrected chi connectivity index (χ3v) is 5.36. The summed E-state index contributed by atoms with van der Waals surface area (Å²) in [7, 11) is 1.92. The molecule has 3 aromatic carbocycles. The second-order valence-electron chi connectivity index (χ2n) is 7.56. The first-order chi connectivity index (χ1) is 16.0. The number of aryl methyl sites for hydroxylation is 1. The SMILES string of the molecule is Cn1c2cc(=Nc3ccc(F)cc3)c(Nc3ccc(F)cc3)cc-2nc2cc(C#N)ccc21. The van der Waals surface area contributed by atoms with E-state index in [1.165, 1.54) is 24.3 Å². The van der Waals surface area contributed by atoms with Gasteiger partial charge in [-0.15, -0.1) is 0 Å². The summed E-state index contributed by atoms with van der Waals surface area (Å²) in [5.74, 6) is -0.667. The van der Waals surface area contributed by atoms with Crippen molar-refractivity contribution in [1.82, 2.24) is 9.55 Å². The van der Waals surface area contributed by atoms with E-state index in [0.717, 1.165) is 11.2 Å². The predicted molar refractivity (Wildman–Crippen MR) is 123 cm³/mol. The summed E-state index contributed by atoms with van der Waals surface area (Å²) in [5.41, 5.74) is 5.55. The number of anilines is 2. The number of aromatic nitrogens is 2. The van der Waals surface area contributed by atoms with E-state index in [1.807, 2.05) is 29.8 Å². The van der Waals surface area contributed by atoms with Crippen LogP contribution in [-0.2, 0) is 7.05 Å². The van der Waals surface area contributed by atoms with Gasteiger partial charge in [-0.05, 0) is 78.9 Å². The van der Waals surface area contributed by atoms with Crippen molar-refractivity contribution in [1.29, 1.82) is 5.26 Å². The molecule has 0 atom stereocenters. The molecule has 5 nitrogen and oxygen atoms in total. The first kappa shape index (κ1) is 20.3. The van der Waals surface area contributed by atoms with E-state index in [2.05, 4.69) is 11.4 Å². The molecule has 1 heterocycles. The largest absolute Gasteiger partial charge is 0.354 e. The maximum absolute atomic E-state index is 13.4. The van der Waals surface area contributed by atoms with Crippen LogP contribution in [-0.4, -0.2) is 9.55 Å². The molecule has 0 saturated carbocycles. The Hall–Kier alpha value is -4.57. The van der Waals surface area contributed by atoms with E-state index in [9.17, 15) is 14.0 Å². The minimum absolute atomic E-state index is 0.330. The fourth-order valence-corrected chi connectivity index (χ4v) is 3.69. The van der Waals surface area contributed by atoms with E-state index in [-0.39, 0.29) is 11.6 Å². The van der Waals surface area contributed by atoms with Gasteiger partial charge in [0.15, 0.2) is 0 Å². The zero-order chi connectivity index (χ0) is 22.9. The third kappa shape index (κ3) is 4.02. The number of halogens is 2. The van der Waals surface area contributed by atoms with Gasteiger partial charge in [0.1, 0.15) is 11.6 Å². The van der Waals surface area contributed by atoms with Gasteiger partial charge < -0.3 is 9.88 Å². The Morgan fingerprint density at radius 3 is 2.30 bits per heavy atom. The highest BCUT2D eigenvalue weighted by molar-refractivity contribution is 5.83. The monoisotopic (exact) mass is 437 g/mol. The van der Waals surface area contributed by atoms with Gasteiger partial charge in [-0.2, -0.15) is 5.26 Å². The Labute approximate surface area is 188 Å². The number of nitrogens with one attached hydrogen (secondary N) is 1. The predicted octanol–water partition coefficient (Wildman–Crippen LogP) is 5.80. The minimum Gasteiger partial charge on any atom is -0.354 e. The smallest absolute Gasteiger partial charge is 0.123 e. The number of rotatable bonds is 3. The molecule has 0 radical (unpaired) electrons. The van der Waals surface area contributed by atoms with Crippen LogP contribution < -0.4 is 10.7 Å². The quantitative estimate of drug-likeness (QED) is 0.363. The summed E-state index contributed by atoms with van der Waals surface area (Å²) in [6.45, 7) is 0. The lowest BCUT2D eigenvalue weighted by molar-refractivity contribution is 0.627. The molecule has 0 spiro atoms. The van der Waals surface area contributed by atoms with E-state index in [0.29, 0.717) is 39.2 Å². The van der Waals surface area contributed by atoms with Crippen molar-refractivity contribution < 1.29 is 8.78 Å². The molecule has 2 aliphatic rings. The van der Waals surface area contributed by atoms with E-state index >= 15 is 0 Å². The number of benzene rings is 4. The lowest BCUT2D eigenvalue weighted by atomic mass is 10.1. The highest BCUT2D eigenvalue weighted by Crippen LogP contribution is 2.27. The minimum atomic E-state index is -0.337. The van der Waals surface area contributed by atoms with Crippen LogP contribution in [0.2, 0.25) is 0 Å². The average molecular weight is 437 g/mol. The lowest BCUT2D eigenvalue weighted by Crippen LogP contribution is -2.14. The van der Waals surface area contributed by atoms with E-state index in [1.54, 1.807) is 36.4 Å². The van der Waals surface area contributed by atoms with Gasteiger partial charge in [-0.3, -0.25) is 0 Å². The Kier molecular flexibility index (Phi) is 5.04.